The monoisotopic (exact) mass is 287 g/mol. The molecule has 2 aromatic rings. The number of amides is 1. The van der Waals surface area contributed by atoms with Crippen molar-refractivity contribution in [3.05, 3.63) is 34.6 Å². The summed E-state index contributed by atoms with van der Waals surface area (Å²) < 4.78 is 1.25. The van der Waals surface area contributed by atoms with E-state index in [9.17, 15) is 9.59 Å². The average Bonchev–Trinajstić information content (AvgIpc) is 2.93. The van der Waals surface area contributed by atoms with Gasteiger partial charge in [-0.25, -0.2) is 4.68 Å². The molecule has 0 bridgehead atoms. The van der Waals surface area contributed by atoms with Gasteiger partial charge in [-0.3, -0.25) is 9.59 Å². The van der Waals surface area contributed by atoms with E-state index < -0.39 is 0 Å². The molecular weight excluding hydrogens is 270 g/mol. The van der Waals surface area contributed by atoms with Crippen LogP contribution >= 0.6 is 0 Å². The Morgan fingerprint density at radius 2 is 2.19 bits per heavy atom. The molecule has 110 valence electrons. The zero-order valence-electron chi connectivity index (χ0n) is 11.6. The Kier molecular flexibility index (Phi) is 3.66. The van der Waals surface area contributed by atoms with Gasteiger partial charge in [0.05, 0.1) is 11.9 Å². The lowest BCUT2D eigenvalue weighted by Crippen LogP contribution is -2.33. The Morgan fingerprint density at radius 3 is 2.95 bits per heavy atom. The van der Waals surface area contributed by atoms with Gasteiger partial charge in [0, 0.05) is 25.6 Å². The van der Waals surface area contributed by atoms with Crippen LogP contribution in [0.2, 0.25) is 0 Å². The largest absolute Gasteiger partial charge is 0.341 e. The highest BCUT2D eigenvalue weighted by atomic mass is 16.2. The Bertz CT molecular complexity index is 727. The average molecular weight is 287 g/mol. The maximum atomic E-state index is 12.2. The van der Waals surface area contributed by atoms with Crippen LogP contribution < -0.4 is 11.3 Å². The number of benzene rings is 1. The summed E-state index contributed by atoms with van der Waals surface area (Å²) in [6, 6.07) is 7.11. The first-order valence-electron chi connectivity index (χ1n) is 7.01. The maximum Gasteiger partial charge on any atom is 0.277 e. The van der Waals surface area contributed by atoms with E-state index in [2.05, 4.69) is 10.3 Å². The molecule has 1 amide bonds. The second-order valence-electron chi connectivity index (χ2n) is 5.27. The van der Waals surface area contributed by atoms with Crippen molar-refractivity contribution in [2.24, 2.45) is 5.73 Å². The summed E-state index contributed by atoms with van der Waals surface area (Å²) >= 11 is 0. The predicted molar refractivity (Wildman–Crippen MR) is 77.6 cm³/mol. The van der Waals surface area contributed by atoms with Crippen LogP contribution in [0, 0.1) is 0 Å². The number of hydrogen-bond acceptors (Lipinski definition) is 5. The Hall–Kier alpha value is -2.28. The van der Waals surface area contributed by atoms with Gasteiger partial charge in [0.1, 0.15) is 5.52 Å². The minimum atomic E-state index is -0.216. The number of rotatable bonds is 3. The van der Waals surface area contributed by atoms with E-state index >= 15 is 0 Å². The van der Waals surface area contributed by atoms with Crippen LogP contribution in [0.5, 0.6) is 0 Å². The lowest BCUT2D eigenvalue weighted by atomic mass is 10.2. The summed E-state index contributed by atoms with van der Waals surface area (Å²) in [5.41, 5.74) is 6.13. The van der Waals surface area contributed by atoms with Crippen LogP contribution in [0.15, 0.2) is 29.1 Å². The van der Waals surface area contributed by atoms with Gasteiger partial charge >= 0.3 is 0 Å². The summed E-state index contributed by atoms with van der Waals surface area (Å²) in [6.45, 7) is 1.52. The van der Waals surface area contributed by atoms with E-state index in [-0.39, 0.29) is 30.5 Å². The Morgan fingerprint density at radius 1 is 1.38 bits per heavy atom. The van der Waals surface area contributed by atoms with Crippen molar-refractivity contribution in [1.82, 2.24) is 19.9 Å². The molecule has 2 N–H and O–H groups in total. The molecule has 7 heteroatoms. The van der Waals surface area contributed by atoms with Gasteiger partial charge in [0.25, 0.3) is 5.56 Å². The number of nitrogens with two attached hydrogens (primary N) is 1. The zero-order chi connectivity index (χ0) is 14.8. The number of aromatic nitrogens is 3. The molecule has 0 radical (unpaired) electrons. The number of aryl methyl sites for hydroxylation is 1. The predicted octanol–water partition coefficient (Wildman–Crippen LogP) is -0.259. The summed E-state index contributed by atoms with van der Waals surface area (Å²) in [5, 5.41) is 8.39. The third kappa shape index (κ3) is 2.78. The highest BCUT2D eigenvalue weighted by Gasteiger charge is 2.23. The number of hydrogen-bond donors (Lipinski definition) is 1. The number of carbonyl (C=O) groups is 1. The molecule has 3 rings (SSSR count). The Balaban J connectivity index is 1.72. The zero-order valence-corrected chi connectivity index (χ0v) is 11.6. The third-order valence-corrected chi connectivity index (χ3v) is 3.74. The minimum Gasteiger partial charge on any atom is -0.341 e. The van der Waals surface area contributed by atoms with Gasteiger partial charge in [-0.1, -0.05) is 17.3 Å². The standard InChI is InChI=1S/C14H17N5O2/c15-10-5-7-18(9-10)13(20)6-8-19-14(21)11-3-1-2-4-12(11)16-17-19/h1-4,10H,5-9,15H2/t10-/m1/s1. The van der Waals surface area contributed by atoms with Gasteiger partial charge in [-0.2, -0.15) is 0 Å². The van der Waals surface area contributed by atoms with Crippen molar-refractivity contribution in [3.8, 4) is 0 Å². The molecule has 0 unspecified atom stereocenters. The van der Waals surface area contributed by atoms with Crippen molar-refractivity contribution < 1.29 is 4.79 Å². The third-order valence-electron chi connectivity index (χ3n) is 3.74. The summed E-state index contributed by atoms with van der Waals surface area (Å²) in [6.07, 6.45) is 1.07. The van der Waals surface area contributed by atoms with E-state index in [1.807, 2.05) is 0 Å². The van der Waals surface area contributed by atoms with Crippen LogP contribution in [0.3, 0.4) is 0 Å². The highest BCUT2D eigenvalue weighted by molar-refractivity contribution is 5.77. The second-order valence-corrected chi connectivity index (χ2v) is 5.27. The smallest absolute Gasteiger partial charge is 0.277 e. The number of fused-ring (bicyclic) bond motifs is 1. The lowest BCUT2D eigenvalue weighted by Gasteiger charge is -2.15. The SMILES string of the molecule is N[C@@H]1CCN(C(=O)CCn2nnc3ccccc3c2=O)C1. The van der Waals surface area contributed by atoms with Crippen LogP contribution in [0.25, 0.3) is 10.9 Å². The molecule has 0 aliphatic carbocycles. The van der Waals surface area contributed by atoms with E-state index in [1.54, 1.807) is 29.2 Å². The van der Waals surface area contributed by atoms with E-state index in [1.165, 1.54) is 4.68 Å². The van der Waals surface area contributed by atoms with Gasteiger partial charge in [0.15, 0.2) is 0 Å². The molecule has 1 aromatic heterocycles. The van der Waals surface area contributed by atoms with Crippen LogP contribution in [-0.4, -0.2) is 44.9 Å². The van der Waals surface area contributed by atoms with Gasteiger partial charge in [-0.05, 0) is 18.6 Å². The van der Waals surface area contributed by atoms with Gasteiger partial charge in [0.2, 0.25) is 5.91 Å². The molecule has 1 aliphatic rings. The summed E-state index contributed by atoms with van der Waals surface area (Å²) in [5.74, 6) is 0.00445. The number of nitrogens with zero attached hydrogens (tertiary/aromatic N) is 4. The topological polar surface area (TPSA) is 94.1 Å². The first-order chi connectivity index (χ1) is 10.1. The maximum absolute atomic E-state index is 12.2. The molecule has 0 spiro atoms. The molecule has 1 saturated heterocycles. The fourth-order valence-corrected chi connectivity index (χ4v) is 2.54. The molecule has 2 heterocycles. The van der Waals surface area contributed by atoms with E-state index in [0.29, 0.717) is 24.0 Å². The van der Waals surface area contributed by atoms with Crippen molar-refractivity contribution in [2.45, 2.75) is 25.4 Å². The first kappa shape index (κ1) is 13.7. The lowest BCUT2D eigenvalue weighted by molar-refractivity contribution is -0.130. The molecular formula is C14H17N5O2. The first-order valence-corrected chi connectivity index (χ1v) is 7.01. The van der Waals surface area contributed by atoms with Crippen LogP contribution in [0.4, 0.5) is 0 Å². The summed E-state index contributed by atoms with van der Waals surface area (Å²) in [7, 11) is 0. The Labute approximate surface area is 121 Å². The summed E-state index contributed by atoms with van der Waals surface area (Å²) in [4.78, 5) is 26.0. The number of likely N-dealkylation sites (tertiary alicyclic amines) is 1. The second kappa shape index (κ2) is 5.61. The molecule has 1 aromatic carbocycles. The van der Waals surface area contributed by atoms with Crippen LogP contribution in [0.1, 0.15) is 12.8 Å². The normalized spacial score (nSPS) is 18.3. The molecule has 0 saturated carbocycles. The van der Waals surface area contributed by atoms with Crippen molar-refractivity contribution in [3.63, 3.8) is 0 Å². The highest BCUT2D eigenvalue weighted by Crippen LogP contribution is 2.09. The van der Waals surface area contributed by atoms with Crippen molar-refractivity contribution in [1.29, 1.82) is 0 Å². The van der Waals surface area contributed by atoms with E-state index in [4.69, 9.17) is 5.73 Å². The molecule has 21 heavy (non-hydrogen) atoms. The molecule has 1 aliphatic heterocycles. The molecule has 1 fully saturated rings. The number of carbonyl (C=O) groups excluding carboxylic acids is 1. The quantitative estimate of drug-likeness (QED) is 0.839. The molecule has 7 nitrogen and oxygen atoms in total. The van der Waals surface area contributed by atoms with Crippen LogP contribution in [-0.2, 0) is 11.3 Å². The fraction of sp³-hybridized carbons (Fsp3) is 0.429. The van der Waals surface area contributed by atoms with Gasteiger partial charge in [-0.15, -0.1) is 5.10 Å². The van der Waals surface area contributed by atoms with E-state index in [0.717, 1.165) is 6.42 Å². The molecule has 1 atom stereocenters. The fourth-order valence-electron chi connectivity index (χ4n) is 2.54. The van der Waals surface area contributed by atoms with Gasteiger partial charge < -0.3 is 10.6 Å². The van der Waals surface area contributed by atoms with Crippen molar-refractivity contribution >= 4 is 16.8 Å². The van der Waals surface area contributed by atoms with Crippen molar-refractivity contribution in [2.75, 3.05) is 13.1 Å². The minimum absolute atomic E-state index is 0.00445.